The van der Waals surface area contributed by atoms with Crippen LogP contribution in [0.4, 0.5) is 4.79 Å². The zero-order chi connectivity index (χ0) is 18.0. The van der Waals surface area contributed by atoms with E-state index >= 15 is 0 Å². The summed E-state index contributed by atoms with van der Waals surface area (Å²) in [5, 5.41) is 20.7. The maximum atomic E-state index is 11.5. The van der Waals surface area contributed by atoms with E-state index in [0.717, 1.165) is 19.3 Å². The van der Waals surface area contributed by atoms with Gasteiger partial charge in [-0.2, -0.15) is 0 Å². The minimum absolute atomic E-state index is 0.0756. The SMILES string of the molecule is CC(C)(C)OC(=O)NCCCCc1ccc(OCC(O)CO)cc1. The lowest BCUT2D eigenvalue weighted by Crippen LogP contribution is -2.33. The Hall–Kier alpha value is -1.79. The van der Waals surface area contributed by atoms with Crippen molar-refractivity contribution in [1.29, 1.82) is 0 Å². The molecule has 1 rings (SSSR count). The van der Waals surface area contributed by atoms with E-state index in [2.05, 4.69) is 5.32 Å². The maximum Gasteiger partial charge on any atom is 0.407 e. The summed E-state index contributed by atoms with van der Waals surface area (Å²) in [4.78, 5) is 11.5. The topological polar surface area (TPSA) is 88.0 Å². The number of alkyl carbamates (subject to hydrolysis) is 1. The Morgan fingerprint density at radius 3 is 2.46 bits per heavy atom. The van der Waals surface area contributed by atoms with E-state index in [1.165, 1.54) is 5.56 Å². The third kappa shape index (κ3) is 9.37. The van der Waals surface area contributed by atoms with Crippen molar-refractivity contribution in [3.8, 4) is 5.75 Å². The summed E-state index contributed by atoms with van der Waals surface area (Å²) in [6, 6.07) is 7.64. The zero-order valence-corrected chi connectivity index (χ0v) is 14.7. The predicted molar refractivity (Wildman–Crippen MR) is 92.2 cm³/mol. The average Bonchev–Trinajstić information content (AvgIpc) is 2.51. The number of rotatable bonds is 9. The predicted octanol–water partition coefficient (Wildman–Crippen LogP) is 2.27. The molecule has 0 saturated carbocycles. The van der Waals surface area contributed by atoms with Crippen LogP contribution < -0.4 is 10.1 Å². The molecule has 0 fully saturated rings. The van der Waals surface area contributed by atoms with Crippen LogP contribution in [-0.2, 0) is 11.2 Å². The highest BCUT2D eigenvalue weighted by atomic mass is 16.6. The number of carbonyl (C=O) groups is 1. The molecule has 0 spiro atoms. The van der Waals surface area contributed by atoms with Crippen molar-refractivity contribution in [3.63, 3.8) is 0 Å². The number of unbranched alkanes of at least 4 members (excludes halogenated alkanes) is 1. The first-order chi connectivity index (χ1) is 11.3. The molecule has 24 heavy (non-hydrogen) atoms. The third-order valence-electron chi connectivity index (χ3n) is 3.14. The van der Waals surface area contributed by atoms with E-state index in [4.69, 9.17) is 14.6 Å². The smallest absolute Gasteiger partial charge is 0.407 e. The number of aryl methyl sites for hydroxylation is 1. The number of ether oxygens (including phenoxy) is 2. The van der Waals surface area contributed by atoms with E-state index in [-0.39, 0.29) is 19.3 Å². The monoisotopic (exact) mass is 339 g/mol. The molecule has 0 aliphatic rings. The molecule has 0 radical (unpaired) electrons. The van der Waals surface area contributed by atoms with Crippen LogP contribution in [0.15, 0.2) is 24.3 Å². The van der Waals surface area contributed by atoms with Gasteiger partial charge < -0.3 is 25.0 Å². The fraction of sp³-hybridized carbons (Fsp3) is 0.611. The normalized spacial score (nSPS) is 12.5. The van der Waals surface area contributed by atoms with Crippen molar-refractivity contribution in [2.24, 2.45) is 0 Å². The summed E-state index contributed by atoms with van der Waals surface area (Å²) in [6.07, 6.45) is 1.51. The van der Waals surface area contributed by atoms with Gasteiger partial charge in [0.2, 0.25) is 0 Å². The maximum absolute atomic E-state index is 11.5. The second-order valence-corrected chi connectivity index (χ2v) is 6.68. The standard InChI is InChI=1S/C18H29NO5/c1-18(2,3)24-17(22)19-11-5-4-6-14-7-9-16(10-8-14)23-13-15(21)12-20/h7-10,15,20-21H,4-6,11-13H2,1-3H3,(H,19,22). The van der Waals surface area contributed by atoms with Crippen LogP contribution in [0.3, 0.4) is 0 Å². The first kappa shape index (κ1) is 20.3. The van der Waals surface area contributed by atoms with Crippen molar-refractivity contribution in [2.75, 3.05) is 19.8 Å². The van der Waals surface area contributed by atoms with Gasteiger partial charge in [0.15, 0.2) is 0 Å². The molecule has 0 saturated heterocycles. The van der Waals surface area contributed by atoms with E-state index in [1.54, 1.807) is 0 Å². The Morgan fingerprint density at radius 2 is 1.88 bits per heavy atom. The van der Waals surface area contributed by atoms with Crippen LogP contribution in [0, 0.1) is 0 Å². The summed E-state index contributed by atoms with van der Waals surface area (Å²) in [5.41, 5.74) is 0.712. The largest absolute Gasteiger partial charge is 0.491 e. The molecule has 0 bridgehead atoms. The van der Waals surface area contributed by atoms with E-state index in [1.807, 2.05) is 45.0 Å². The van der Waals surface area contributed by atoms with Gasteiger partial charge in [-0.25, -0.2) is 4.79 Å². The first-order valence-electron chi connectivity index (χ1n) is 8.27. The number of aliphatic hydroxyl groups excluding tert-OH is 2. The molecule has 6 nitrogen and oxygen atoms in total. The van der Waals surface area contributed by atoms with Crippen LogP contribution in [0.2, 0.25) is 0 Å². The molecule has 3 N–H and O–H groups in total. The molecule has 0 aromatic heterocycles. The van der Waals surface area contributed by atoms with Crippen LogP contribution in [-0.4, -0.2) is 47.8 Å². The number of aliphatic hydroxyl groups is 2. The number of nitrogens with one attached hydrogen (secondary N) is 1. The highest BCUT2D eigenvalue weighted by Crippen LogP contribution is 2.14. The van der Waals surface area contributed by atoms with Crippen LogP contribution >= 0.6 is 0 Å². The Balaban J connectivity index is 2.18. The average molecular weight is 339 g/mol. The third-order valence-corrected chi connectivity index (χ3v) is 3.14. The highest BCUT2D eigenvalue weighted by molar-refractivity contribution is 5.67. The van der Waals surface area contributed by atoms with Gasteiger partial charge in [-0.05, 0) is 57.7 Å². The Bertz CT molecular complexity index is 481. The molecule has 1 aromatic rings. The number of hydrogen-bond acceptors (Lipinski definition) is 5. The molecule has 136 valence electrons. The summed E-state index contributed by atoms with van der Waals surface area (Å²) < 4.78 is 10.5. The lowest BCUT2D eigenvalue weighted by Gasteiger charge is -2.19. The number of carbonyl (C=O) groups excluding carboxylic acids is 1. The summed E-state index contributed by atoms with van der Waals surface area (Å²) in [5.74, 6) is 0.665. The fourth-order valence-corrected chi connectivity index (χ4v) is 1.96. The molecular formula is C18H29NO5. The van der Waals surface area contributed by atoms with Gasteiger partial charge in [-0.15, -0.1) is 0 Å². The van der Waals surface area contributed by atoms with E-state index in [9.17, 15) is 9.90 Å². The first-order valence-corrected chi connectivity index (χ1v) is 8.27. The molecule has 0 aliphatic carbocycles. The summed E-state index contributed by atoms with van der Waals surface area (Å²) in [6.45, 7) is 5.87. The Kier molecular flexibility index (Phi) is 8.57. The Morgan fingerprint density at radius 1 is 1.21 bits per heavy atom. The molecule has 0 heterocycles. The molecule has 1 aromatic carbocycles. The molecule has 1 unspecified atom stereocenters. The Labute approximate surface area is 143 Å². The van der Waals surface area contributed by atoms with Gasteiger partial charge in [0.25, 0.3) is 0 Å². The molecule has 0 aliphatic heterocycles. The van der Waals surface area contributed by atoms with Gasteiger partial charge in [-0.1, -0.05) is 12.1 Å². The quantitative estimate of drug-likeness (QED) is 0.601. The second-order valence-electron chi connectivity index (χ2n) is 6.68. The van der Waals surface area contributed by atoms with Crippen molar-refractivity contribution < 1.29 is 24.5 Å². The number of amides is 1. The van der Waals surface area contributed by atoms with Gasteiger partial charge >= 0.3 is 6.09 Å². The van der Waals surface area contributed by atoms with Crippen molar-refractivity contribution in [3.05, 3.63) is 29.8 Å². The van der Waals surface area contributed by atoms with Crippen LogP contribution in [0.5, 0.6) is 5.75 Å². The molecule has 1 amide bonds. The van der Waals surface area contributed by atoms with Crippen LogP contribution in [0.1, 0.15) is 39.2 Å². The van der Waals surface area contributed by atoms with E-state index in [0.29, 0.717) is 12.3 Å². The van der Waals surface area contributed by atoms with E-state index < -0.39 is 11.7 Å². The molecular weight excluding hydrogens is 310 g/mol. The number of benzene rings is 1. The lowest BCUT2D eigenvalue weighted by atomic mass is 10.1. The highest BCUT2D eigenvalue weighted by Gasteiger charge is 2.15. The minimum Gasteiger partial charge on any atom is -0.491 e. The summed E-state index contributed by atoms with van der Waals surface area (Å²) in [7, 11) is 0. The zero-order valence-electron chi connectivity index (χ0n) is 14.7. The van der Waals surface area contributed by atoms with Crippen molar-refractivity contribution >= 4 is 6.09 Å². The van der Waals surface area contributed by atoms with Gasteiger partial charge in [-0.3, -0.25) is 0 Å². The van der Waals surface area contributed by atoms with Gasteiger partial charge in [0.1, 0.15) is 24.1 Å². The second kappa shape index (κ2) is 10.2. The fourth-order valence-electron chi connectivity index (χ4n) is 1.96. The van der Waals surface area contributed by atoms with Crippen molar-refractivity contribution in [1.82, 2.24) is 5.32 Å². The lowest BCUT2D eigenvalue weighted by molar-refractivity contribution is 0.0527. The molecule has 1 atom stereocenters. The van der Waals surface area contributed by atoms with Crippen LogP contribution in [0.25, 0.3) is 0 Å². The molecule has 6 heteroatoms. The number of hydrogen-bond donors (Lipinski definition) is 3. The minimum atomic E-state index is -0.859. The summed E-state index contributed by atoms with van der Waals surface area (Å²) >= 11 is 0. The van der Waals surface area contributed by atoms with Gasteiger partial charge in [0.05, 0.1) is 6.61 Å². The van der Waals surface area contributed by atoms with Gasteiger partial charge in [0, 0.05) is 6.54 Å². The van der Waals surface area contributed by atoms with Crippen molar-refractivity contribution in [2.45, 2.75) is 51.7 Å².